The van der Waals surface area contributed by atoms with E-state index in [1.54, 1.807) is 38.1 Å². The van der Waals surface area contributed by atoms with Crippen molar-refractivity contribution in [2.75, 3.05) is 37.2 Å². The van der Waals surface area contributed by atoms with Crippen molar-refractivity contribution in [2.45, 2.75) is 6.61 Å². The lowest BCUT2D eigenvalue weighted by Gasteiger charge is -2.12. The molecular formula is C17H20ClF2N5O. The maximum atomic E-state index is 13.3. The standard InChI is InChI=1S/C17H19F2N5O.ClH/c1-20-15-14-16(24(22-3)17(15)21-2)13(4-5-23-14)25-9-10-6-11(18)8-12(19)7-10;/h4-8,20-22H,9H2,1-3H3;1H. The summed E-state index contributed by atoms with van der Waals surface area (Å²) >= 11 is 0. The molecule has 0 unspecified atom stereocenters. The Morgan fingerprint density at radius 1 is 1.08 bits per heavy atom. The zero-order valence-electron chi connectivity index (χ0n) is 14.6. The summed E-state index contributed by atoms with van der Waals surface area (Å²) in [4.78, 5) is 4.41. The fourth-order valence-electron chi connectivity index (χ4n) is 2.84. The number of rotatable bonds is 6. The highest BCUT2D eigenvalue weighted by molar-refractivity contribution is 6.00. The van der Waals surface area contributed by atoms with Gasteiger partial charge in [-0.15, -0.1) is 12.4 Å². The number of anilines is 2. The third-order valence-electron chi connectivity index (χ3n) is 3.84. The molecule has 0 atom stereocenters. The summed E-state index contributed by atoms with van der Waals surface area (Å²) < 4.78 is 34.3. The van der Waals surface area contributed by atoms with Crippen molar-refractivity contribution in [2.24, 2.45) is 0 Å². The summed E-state index contributed by atoms with van der Waals surface area (Å²) in [7, 11) is 5.39. The molecule has 2 heterocycles. The van der Waals surface area contributed by atoms with Gasteiger partial charge in [-0.1, -0.05) is 0 Å². The average molecular weight is 384 g/mol. The smallest absolute Gasteiger partial charge is 0.151 e. The Morgan fingerprint density at radius 2 is 1.77 bits per heavy atom. The number of halogens is 3. The summed E-state index contributed by atoms with van der Waals surface area (Å²) in [6.45, 7) is 0.0342. The minimum Gasteiger partial charge on any atom is -0.486 e. The highest BCUT2D eigenvalue weighted by Crippen LogP contribution is 2.37. The fraction of sp³-hybridized carbons (Fsp3) is 0.235. The summed E-state index contributed by atoms with van der Waals surface area (Å²) in [6.07, 6.45) is 1.63. The molecule has 0 saturated heterocycles. The highest BCUT2D eigenvalue weighted by atomic mass is 35.5. The maximum absolute atomic E-state index is 13.3. The minimum atomic E-state index is -0.632. The molecule has 2 aromatic heterocycles. The number of nitrogens with zero attached hydrogens (tertiary/aromatic N) is 2. The van der Waals surface area contributed by atoms with E-state index in [1.165, 1.54) is 12.1 Å². The number of benzene rings is 1. The molecule has 3 N–H and O–H groups in total. The van der Waals surface area contributed by atoms with Crippen LogP contribution in [-0.2, 0) is 6.61 Å². The van der Waals surface area contributed by atoms with E-state index in [9.17, 15) is 8.78 Å². The monoisotopic (exact) mass is 383 g/mol. The Labute approximate surface area is 155 Å². The van der Waals surface area contributed by atoms with Crippen molar-refractivity contribution < 1.29 is 13.5 Å². The number of fused-ring (bicyclic) bond motifs is 1. The number of hydrogen-bond acceptors (Lipinski definition) is 5. The maximum Gasteiger partial charge on any atom is 0.151 e. The van der Waals surface area contributed by atoms with E-state index in [0.717, 1.165) is 23.1 Å². The van der Waals surface area contributed by atoms with Crippen LogP contribution in [-0.4, -0.2) is 30.8 Å². The van der Waals surface area contributed by atoms with Gasteiger partial charge in [-0.3, -0.25) is 4.98 Å². The van der Waals surface area contributed by atoms with Crippen LogP contribution in [0.5, 0.6) is 5.75 Å². The Balaban J connectivity index is 0.00000243. The molecule has 0 spiro atoms. The van der Waals surface area contributed by atoms with E-state index in [-0.39, 0.29) is 19.0 Å². The molecule has 0 fully saturated rings. The SMILES string of the molecule is CNc1c(NC)n(NC)c2c(OCc3cc(F)cc(F)c3)ccnc12.Cl. The highest BCUT2D eigenvalue weighted by Gasteiger charge is 2.19. The molecule has 0 saturated carbocycles. The lowest BCUT2D eigenvalue weighted by Crippen LogP contribution is -2.13. The second kappa shape index (κ2) is 8.09. The number of nitrogens with one attached hydrogen (secondary N) is 3. The normalized spacial score (nSPS) is 10.3. The minimum absolute atomic E-state index is 0. The van der Waals surface area contributed by atoms with Crippen molar-refractivity contribution >= 4 is 34.9 Å². The third-order valence-corrected chi connectivity index (χ3v) is 3.84. The first-order valence-corrected chi connectivity index (χ1v) is 7.73. The van der Waals surface area contributed by atoms with Gasteiger partial charge in [0.05, 0.1) is 0 Å². The van der Waals surface area contributed by atoms with Crippen LogP contribution < -0.4 is 20.8 Å². The molecule has 3 aromatic rings. The van der Waals surface area contributed by atoms with Gasteiger partial charge in [0.15, 0.2) is 5.82 Å². The molecule has 140 valence electrons. The molecule has 0 aliphatic heterocycles. The number of aromatic nitrogens is 2. The summed E-state index contributed by atoms with van der Waals surface area (Å²) in [5.74, 6) is 0.0707. The quantitative estimate of drug-likeness (QED) is 0.607. The van der Waals surface area contributed by atoms with Gasteiger partial charge >= 0.3 is 0 Å². The van der Waals surface area contributed by atoms with Crippen LogP contribution in [0, 0.1) is 11.6 Å². The summed E-state index contributed by atoms with van der Waals surface area (Å²) in [6, 6.07) is 5.04. The van der Waals surface area contributed by atoms with E-state index in [0.29, 0.717) is 16.8 Å². The van der Waals surface area contributed by atoms with Crippen LogP contribution in [0.2, 0.25) is 0 Å². The topological polar surface area (TPSA) is 63.1 Å². The molecule has 0 aliphatic rings. The first-order chi connectivity index (χ1) is 12.1. The van der Waals surface area contributed by atoms with Gasteiger partial charge in [0.2, 0.25) is 0 Å². The van der Waals surface area contributed by atoms with E-state index >= 15 is 0 Å². The van der Waals surface area contributed by atoms with Gasteiger partial charge < -0.3 is 20.8 Å². The van der Waals surface area contributed by atoms with Crippen molar-refractivity contribution in [1.29, 1.82) is 0 Å². The molecular weight excluding hydrogens is 364 g/mol. The number of pyridine rings is 1. The second-order valence-corrected chi connectivity index (χ2v) is 5.36. The summed E-state index contributed by atoms with van der Waals surface area (Å²) in [5, 5.41) is 6.23. The molecule has 0 radical (unpaired) electrons. The fourth-order valence-corrected chi connectivity index (χ4v) is 2.84. The second-order valence-electron chi connectivity index (χ2n) is 5.36. The van der Waals surface area contributed by atoms with Crippen molar-refractivity contribution in [3.63, 3.8) is 0 Å². The van der Waals surface area contributed by atoms with E-state index in [4.69, 9.17) is 4.74 Å². The molecule has 0 bridgehead atoms. The summed E-state index contributed by atoms with van der Waals surface area (Å²) in [5.41, 5.74) is 5.73. The van der Waals surface area contributed by atoms with E-state index in [2.05, 4.69) is 21.0 Å². The van der Waals surface area contributed by atoms with Crippen LogP contribution in [0.1, 0.15) is 5.56 Å². The predicted octanol–water partition coefficient (Wildman–Crippen LogP) is 3.57. The molecule has 0 aliphatic carbocycles. The molecule has 6 nitrogen and oxygen atoms in total. The number of hydrogen-bond donors (Lipinski definition) is 3. The predicted molar refractivity (Wildman–Crippen MR) is 102 cm³/mol. The first kappa shape index (κ1) is 19.6. The zero-order valence-corrected chi connectivity index (χ0v) is 15.4. The van der Waals surface area contributed by atoms with Gasteiger partial charge in [-0.25, -0.2) is 13.5 Å². The Kier molecular flexibility index (Phi) is 6.10. The van der Waals surface area contributed by atoms with Crippen LogP contribution in [0.4, 0.5) is 20.3 Å². The van der Waals surface area contributed by atoms with Crippen molar-refractivity contribution in [3.05, 3.63) is 47.7 Å². The van der Waals surface area contributed by atoms with E-state index < -0.39 is 11.6 Å². The van der Waals surface area contributed by atoms with Crippen LogP contribution >= 0.6 is 12.4 Å². The van der Waals surface area contributed by atoms with Gasteiger partial charge in [0.25, 0.3) is 0 Å². The molecule has 3 rings (SSSR count). The first-order valence-electron chi connectivity index (χ1n) is 7.73. The lowest BCUT2D eigenvalue weighted by atomic mass is 10.2. The van der Waals surface area contributed by atoms with Crippen molar-refractivity contribution in [3.8, 4) is 5.75 Å². The Hall–Kier alpha value is -2.74. The third kappa shape index (κ3) is 3.45. The largest absolute Gasteiger partial charge is 0.486 e. The Morgan fingerprint density at radius 3 is 2.35 bits per heavy atom. The molecule has 0 amide bonds. The zero-order chi connectivity index (χ0) is 18.0. The van der Waals surface area contributed by atoms with Gasteiger partial charge in [-0.2, -0.15) is 0 Å². The van der Waals surface area contributed by atoms with Crippen molar-refractivity contribution in [1.82, 2.24) is 9.66 Å². The van der Waals surface area contributed by atoms with Crippen LogP contribution in [0.3, 0.4) is 0 Å². The molecule has 9 heteroatoms. The average Bonchev–Trinajstić information content (AvgIpc) is 2.92. The van der Waals surface area contributed by atoms with Crippen LogP contribution in [0.15, 0.2) is 30.5 Å². The van der Waals surface area contributed by atoms with Gasteiger partial charge in [0, 0.05) is 39.5 Å². The lowest BCUT2D eigenvalue weighted by molar-refractivity contribution is 0.307. The molecule has 1 aromatic carbocycles. The Bertz CT molecular complexity index is 896. The van der Waals surface area contributed by atoms with Gasteiger partial charge in [-0.05, 0) is 17.7 Å². The number of ether oxygens (including phenoxy) is 1. The van der Waals surface area contributed by atoms with E-state index in [1.807, 2.05) is 0 Å². The van der Waals surface area contributed by atoms with Gasteiger partial charge in [0.1, 0.15) is 40.7 Å². The van der Waals surface area contributed by atoms with Crippen LogP contribution in [0.25, 0.3) is 11.0 Å². The molecule has 26 heavy (non-hydrogen) atoms.